The summed E-state index contributed by atoms with van der Waals surface area (Å²) in [4.78, 5) is 10.9. The van der Waals surface area contributed by atoms with Gasteiger partial charge in [-0.1, -0.05) is 31.5 Å². The monoisotopic (exact) mass is 256 g/mol. The molecule has 4 heteroatoms. The van der Waals surface area contributed by atoms with Crippen LogP contribution in [0.4, 0.5) is 0 Å². The molecular formula is C13H17ClO3. The third-order valence-corrected chi connectivity index (χ3v) is 3.27. The van der Waals surface area contributed by atoms with E-state index in [9.17, 15) is 9.90 Å². The zero-order chi connectivity index (χ0) is 12.9. The van der Waals surface area contributed by atoms with Gasteiger partial charge in [0.05, 0.1) is 16.2 Å². The summed E-state index contributed by atoms with van der Waals surface area (Å²) in [5.74, 6) is 0.410. The fourth-order valence-electron chi connectivity index (χ4n) is 1.42. The van der Waals surface area contributed by atoms with Gasteiger partial charge in [-0.05, 0) is 25.0 Å². The molecule has 0 saturated heterocycles. The van der Waals surface area contributed by atoms with E-state index < -0.39 is 5.60 Å². The number of hydrogen-bond donors (Lipinski definition) is 1. The van der Waals surface area contributed by atoms with Crippen LogP contribution in [0.25, 0.3) is 0 Å². The Morgan fingerprint density at radius 3 is 2.59 bits per heavy atom. The molecule has 0 heterocycles. The minimum atomic E-state index is -0.859. The normalized spacial score (nSPS) is 11.3. The molecule has 0 fully saturated rings. The van der Waals surface area contributed by atoms with Crippen molar-refractivity contribution in [3.05, 3.63) is 28.8 Å². The van der Waals surface area contributed by atoms with Gasteiger partial charge in [-0.3, -0.25) is 4.79 Å². The molecule has 0 radical (unpaired) electrons. The van der Waals surface area contributed by atoms with Gasteiger partial charge in [0, 0.05) is 0 Å². The molecule has 1 aromatic carbocycles. The minimum absolute atomic E-state index is 0.154. The van der Waals surface area contributed by atoms with E-state index in [-0.39, 0.29) is 6.61 Å². The van der Waals surface area contributed by atoms with E-state index in [2.05, 4.69) is 0 Å². The first-order chi connectivity index (χ1) is 8.06. The maximum absolute atomic E-state index is 10.9. The first kappa shape index (κ1) is 14.0. The summed E-state index contributed by atoms with van der Waals surface area (Å²) >= 11 is 5.87. The van der Waals surface area contributed by atoms with Crippen molar-refractivity contribution in [1.29, 1.82) is 0 Å². The Morgan fingerprint density at radius 2 is 2.06 bits per heavy atom. The van der Waals surface area contributed by atoms with Crippen LogP contribution in [-0.2, 0) is 0 Å². The molecule has 1 rings (SSSR count). The standard InChI is InChI=1S/C13H17ClO3/c1-3-13(16,4-2)9-17-12-7-5-6-11(14)10(12)8-15/h5-8,16H,3-4,9H2,1-2H3. The average molecular weight is 257 g/mol. The molecule has 3 nitrogen and oxygen atoms in total. The van der Waals surface area contributed by atoms with Crippen LogP contribution in [0.5, 0.6) is 5.75 Å². The molecule has 1 N–H and O–H groups in total. The Kier molecular flexibility index (Phi) is 4.97. The van der Waals surface area contributed by atoms with Crippen LogP contribution in [0, 0.1) is 0 Å². The third-order valence-electron chi connectivity index (χ3n) is 2.94. The van der Waals surface area contributed by atoms with Crippen LogP contribution in [-0.4, -0.2) is 23.6 Å². The van der Waals surface area contributed by atoms with Crippen LogP contribution in [0.15, 0.2) is 18.2 Å². The minimum Gasteiger partial charge on any atom is -0.490 e. The highest BCUT2D eigenvalue weighted by Gasteiger charge is 2.23. The fraction of sp³-hybridized carbons (Fsp3) is 0.462. The molecule has 0 aliphatic heterocycles. The number of aliphatic hydroxyl groups is 1. The Balaban J connectivity index is 2.82. The molecular weight excluding hydrogens is 240 g/mol. The van der Waals surface area contributed by atoms with Gasteiger partial charge in [0.2, 0.25) is 0 Å². The van der Waals surface area contributed by atoms with Crippen molar-refractivity contribution in [3.63, 3.8) is 0 Å². The molecule has 0 aromatic heterocycles. The van der Waals surface area contributed by atoms with Crippen molar-refractivity contribution in [3.8, 4) is 5.75 Å². The van der Waals surface area contributed by atoms with Crippen molar-refractivity contribution in [2.75, 3.05) is 6.61 Å². The summed E-state index contributed by atoms with van der Waals surface area (Å²) in [5, 5.41) is 10.4. The Labute approximate surface area is 106 Å². The van der Waals surface area contributed by atoms with E-state index in [4.69, 9.17) is 16.3 Å². The lowest BCUT2D eigenvalue weighted by atomic mass is 9.99. The molecule has 0 atom stereocenters. The van der Waals surface area contributed by atoms with Gasteiger partial charge in [-0.15, -0.1) is 0 Å². The number of hydrogen-bond acceptors (Lipinski definition) is 3. The molecule has 0 bridgehead atoms. The molecule has 0 amide bonds. The first-order valence-corrected chi connectivity index (χ1v) is 6.03. The molecule has 1 aromatic rings. The summed E-state index contributed by atoms with van der Waals surface area (Å²) in [6.07, 6.45) is 1.86. The molecule has 0 unspecified atom stereocenters. The molecule has 17 heavy (non-hydrogen) atoms. The van der Waals surface area contributed by atoms with E-state index in [1.165, 1.54) is 0 Å². The van der Waals surface area contributed by atoms with E-state index >= 15 is 0 Å². The zero-order valence-electron chi connectivity index (χ0n) is 10.1. The topological polar surface area (TPSA) is 46.5 Å². The summed E-state index contributed by atoms with van der Waals surface area (Å²) in [5.41, 5.74) is -0.536. The van der Waals surface area contributed by atoms with Crippen molar-refractivity contribution < 1.29 is 14.6 Å². The largest absolute Gasteiger partial charge is 0.490 e. The number of rotatable bonds is 6. The number of aldehydes is 1. The van der Waals surface area contributed by atoms with Crippen molar-refractivity contribution >= 4 is 17.9 Å². The second-order valence-electron chi connectivity index (χ2n) is 3.99. The fourth-order valence-corrected chi connectivity index (χ4v) is 1.63. The molecule has 0 aliphatic rings. The SMILES string of the molecule is CCC(O)(CC)COc1cccc(Cl)c1C=O. The van der Waals surface area contributed by atoms with E-state index in [0.29, 0.717) is 35.5 Å². The number of ether oxygens (including phenoxy) is 1. The molecule has 94 valence electrons. The molecule has 0 saturated carbocycles. The first-order valence-electron chi connectivity index (χ1n) is 5.65. The van der Waals surface area contributed by atoms with Gasteiger partial charge in [0.25, 0.3) is 0 Å². The average Bonchev–Trinajstić information content (AvgIpc) is 2.36. The van der Waals surface area contributed by atoms with Crippen molar-refractivity contribution in [2.45, 2.75) is 32.3 Å². The van der Waals surface area contributed by atoms with Gasteiger partial charge < -0.3 is 9.84 Å². The quantitative estimate of drug-likeness (QED) is 0.796. The van der Waals surface area contributed by atoms with Crippen LogP contribution in [0.1, 0.15) is 37.0 Å². The summed E-state index contributed by atoms with van der Waals surface area (Å²) in [6.45, 7) is 3.94. The van der Waals surface area contributed by atoms with E-state index in [1.54, 1.807) is 18.2 Å². The van der Waals surface area contributed by atoms with Crippen molar-refractivity contribution in [1.82, 2.24) is 0 Å². The lowest BCUT2D eigenvalue weighted by Crippen LogP contribution is -2.34. The number of benzene rings is 1. The van der Waals surface area contributed by atoms with Gasteiger partial charge in [-0.2, -0.15) is 0 Å². The predicted molar refractivity (Wildman–Crippen MR) is 67.9 cm³/mol. The van der Waals surface area contributed by atoms with E-state index in [1.807, 2.05) is 13.8 Å². The van der Waals surface area contributed by atoms with Gasteiger partial charge in [-0.25, -0.2) is 0 Å². The Bertz CT molecular complexity index is 386. The Hall–Kier alpha value is -1.06. The maximum Gasteiger partial charge on any atom is 0.155 e. The van der Waals surface area contributed by atoms with Crippen LogP contribution in [0.3, 0.4) is 0 Å². The Morgan fingerprint density at radius 1 is 1.41 bits per heavy atom. The summed E-state index contributed by atoms with van der Waals surface area (Å²) in [7, 11) is 0. The van der Waals surface area contributed by atoms with Gasteiger partial charge >= 0.3 is 0 Å². The predicted octanol–water partition coefficient (Wildman–Crippen LogP) is 3.08. The zero-order valence-corrected chi connectivity index (χ0v) is 10.8. The highest BCUT2D eigenvalue weighted by Crippen LogP contribution is 2.26. The van der Waals surface area contributed by atoms with E-state index in [0.717, 1.165) is 0 Å². The van der Waals surface area contributed by atoms with Crippen molar-refractivity contribution in [2.24, 2.45) is 0 Å². The molecule has 0 aliphatic carbocycles. The van der Waals surface area contributed by atoms with Crippen LogP contribution in [0.2, 0.25) is 5.02 Å². The molecule has 0 spiro atoms. The smallest absolute Gasteiger partial charge is 0.155 e. The highest BCUT2D eigenvalue weighted by atomic mass is 35.5. The summed E-state index contributed by atoms with van der Waals surface area (Å²) < 4.78 is 5.49. The second kappa shape index (κ2) is 6.03. The second-order valence-corrected chi connectivity index (χ2v) is 4.40. The number of carbonyl (C=O) groups is 1. The highest BCUT2D eigenvalue weighted by molar-refractivity contribution is 6.33. The van der Waals surface area contributed by atoms with Crippen LogP contribution >= 0.6 is 11.6 Å². The third kappa shape index (κ3) is 3.45. The maximum atomic E-state index is 10.9. The van der Waals surface area contributed by atoms with Gasteiger partial charge in [0.1, 0.15) is 12.4 Å². The van der Waals surface area contributed by atoms with Gasteiger partial charge in [0.15, 0.2) is 6.29 Å². The number of halogens is 1. The summed E-state index contributed by atoms with van der Waals surface area (Å²) in [6, 6.07) is 5.01. The number of carbonyl (C=O) groups excluding carboxylic acids is 1. The van der Waals surface area contributed by atoms with Crippen LogP contribution < -0.4 is 4.74 Å². The lowest BCUT2D eigenvalue weighted by Gasteiger charge is -2.25. The lowest BCUT2D eigenvalue weighted by molar-refractivity contribution is -0.0115.